The van der Waals surface area contributed by atoms with Crippen LogP contribution in [0.15, 0.2) is 16.7 Å². The van der Waals surface area contributed by atoms with Crippen LogP contribution >= 0.6 is 15.9 Å². The van der Waals surface area contributed by atoms with E-state index in [1.807, 2.05) is 4.57 Å². The van der Waals surface area contributed by atoms with Gasteiger partial charge in [-0.25, -0.2) is 8.78 Å². The van der Waals surface area contributed by atoms with Gasteiger partial charge in [-0.15, -0.1) is 0 Å². The Bertz CT molecular complexity index is 457. The van der Waals surface area contributed by atoms with Gasteiger partial charge in [0, 0.05) is 16.7 Å². The first-order valence-corrected chi connectivity index (χ1v) is 6.46. The van der Waals surface area contributed by atoms with Crippen molar-refractivity contribution in [3.05, 3.63) is 22.4 Å². The number of nitrogens with one attached hydrogen (secondary N) is 1. The maximum absolute atomic E-state index is 12.9. The van der Waals surface area contributed by atoms with E-state index in [0.717, 1.165) is 17.3 Å². The fraction of sp³-hybridized carbons (Fsp3) is 0.545. The summed E-state index contributed by atoms with van der Waals surface area (Å²) in [4.78, 5) is 11.8. The molecule has 1 amide bonds. The zero-order valence-corrected chi connectivity index (χ0v) is 11.2. The van der Waals surface area contributed by atoms with Crippen molar-refractivity contribution >= 4 is 21.8 Å². The second-order valence-corrected chi connectivity index (χ2v) is 5.34. The first-order valence-electron chi connectivity index (χ1n) is 5.66. The zero-order chi connectivity index (χ0) is 13.3. The van der Waals surface area contributed by atoms with Crippen molar-refractivity contribution in [3.63, 3.8) is 0 Å². The topological polar surface area (TPSA) is 60.0 Å². The lowest BCUT2D eigenvalue weighted by Crippen LogP contribution is -2.41. The first kappa shape index (κ1) is 13.5. The Hall–Kier alpha value is -0.950. The Morgan fingerprint density at radius 2 is 2.28 bits per heavy atom. The molecule has 0 saturated heterocycles. The monoisotopic (exact) mass is 321 g/mol. The van der Waals surface area contributed by atoms with Crippen molar-refractivity contribution in [1.29, 1.82) is 0 Å². The second-order valence-electron chi connectivity index (χ2n) is 4.42. The van der Waals surface area contributed by atoms with Crippen LogP contribution in [0.1, 0.15) is 29.4 Å². The number of nitrogens with two attached hydrogens (primary N) is 1. The molecule has 1 aliphatic rings. The fourth-order valence-electron chi connectivity index (χ4n) is 1.65. The summed E-state index contributed by atoms with van der Waals surface area (Å²) in [6.07, 6.45) is 3.83. The number of carbonyl (C=O) groups is 1. The third kappa shape index (κ3) is 3.08. The van der Waals surface area contributed by atoms with Gasteiger partial charge in [-0.3, -0.25) is 4.79 Å². The predicted molar refractivity (Wildman–Crippen MR) is 66.7 cm³/mol. The lowest BCUT2D eigenvalue weighted by atomic mass is 10.3. The van der Waals surface area contributed by atoms with Gasteiger partial charge in [0.2, 0.25) is 0 Å². The molecule has 0 atom stereocenters. The molecule has 1 fully saturated rings. The lowest BCUT2D eigenvalue weighted by Gasteiger charge is -2.15. The minimum absolute atomic E-state index is 0.312. The normalized spacial score (nSPS) is 15.8. The molecule has 0 bridgehead atoms. The first-order chi connectivity index (χ1) is 8.43. The average Bonchev–Trinajstić information content (AvgIpc) is 3.09. The van der Waals surface area contributed by atoms with Crippen LogP contribution in [0.25, 0.3) is 0 Å². The summed E-state index contributed by atoms with van der Waals surface area (Å²) in [6.45, 7) is -1.52. The predicted octanol–water partition coefficient (Wildman–Crippen LogP) is 1.91. The molecule has 0 aliphatic heterocycles. The van der Waals surface area contributed by atoms with Gasteiger partial charge in [-0.05, 0) is 34.8 Å². The minimum Gasteiger partial charge on any atom is -0.345 e. The molecular formula is C11H14BrF2N3O. The van der Waals surface area contributed by atoms with Crippen molar-refractivity contribution in [1.82, 2.24) is 9.88 Å². The van der Waals surface area contributed by atoms with Gasteiger partial charge in [0.1, 0.15) is 5.69 Å². The molecule has 0 aromatic carbocycles. The van der Waals surface area contributed by atoms with E-state index in [0.29, 0.717) is 11.7 Å². The molecule has 1 aliphatic carbocycles. The van der Waals surface area contributed by atoms with Gasteiger partial charge in [0.15, 0.2) is 0 Å². The Morgan fingerprint density at radius 3 is 2.83 bits per heavy atom. The maximum atomic E-state index is 12.9. The summed E-state index contributed by atoms with van der Waals surface area (Å²) in [6, 6.07) is 1.95. The summed E-state index contributed by atoms with van der Waals surface area (Å²) in [5.74, 6) is -3.56. The molecule has 100 valence electrons. The highest BCUT2D eigenvalue weighted by Gasteiger charge is 2.30. The molecule has 1 aromatic heterocycles. The molecule has 7 heteroatoms. The van der Waals surface area contributed by atoms with Crippen LogP contribution in [-0.2, 0) is 0 Å². The smallest absolute Gasteiger partial charge is 0.277 e. The number of halogens is 3. The number of carbonyl (C=O) groups excluding carboxylic acids is 1. The molecule has 0 unspecified atom stereocenters. The number of aromatic nitrogens is 1. The van der Waals surface area contributed by atoms with Gasteiger partial charge in [0.05, 0.1) is 13.1 Å². The van der Waals surface area contributed by atoms with Crippen LogP contribution in [-0.4, -0.2) is 29.5 Å². The van der Waals surface area contributed by atoms with Crippen LogP contribution in [0.4, 0.5) is 8.78 Å². The van der Waals surface area contributed by atoms with Gasteiger partial charge in [-0.2, -0.15) is 0 Å². The highest BCUT2D eigenvalue weighted by atomic mass is 79.9. The van der Waals surface area contributed by atoms with Crippen molar-refractivity contribution in [2.45, 2.75) is 24.8 Å². The lowest BCUT2D eigenvalue weighted by molar-refractivity contribution is 0.0117. The molecule has 0 radical (unpaired) electrons. The summed E-state index contributed by atoms with van der Waals surface area (Å²) in [7, 11) is 0. The van der Waals surface area contributed by atoms with Gasteiger partial charge in [0.25, 0.3) is 11.8 Å². The number of hydrogen-bond acceptors (Lipinski definition) is 2. The molecule has 1 saturated carbocycles. The molecule has 4 nitrogen and oxygen atoms in total. The number of nitrogens with zero attached hydrogens (tertiary/aromatic N) is 1. The van der Waals surface area contributed by atoms with E-state index in [2.05, 4.69) is 21.2 Å². The number of hydrogen-bond donors (Lipinski definition) is 2. The van der Waals surface area contributed by atoms with Crippen LogP contribution in [0.5, 0.6) is 0 Å². The van der Waals surface area contributed by atoms with Crippen LogP contribution in [0, 0.1) is 0 Å². The van der Waals surface area contributed by atoms with Crippen molar-refractivity contribution in [2.24, 2.45) is 5.73 Å². The molecule has 18 heavy (non-hydrogen) atoms. The Labute approximate surface area is 112 Å². The average molecular weight is 322 g/mol. The maximum Gasteiger partial charge on any atom is 0.277 e. The van der Waals surface area contributed by atoms with E-state index in [9.17, 15) is 13.6 Å². The molecule has 1 aromatic rings. The van der Waals surface area contributed by atoms with Crippen LogP contribution in [0.3, 0.4) is 0 Å². The molecule has 3 N–H and O–H groups in total. The summed E-state index contributed by atoms with van der Waals surface area (Å²) < 4.78 is 28.5. The highest BCUT2D eigenvalue weighted by molar-refractivity contribution is 9.10. The van der Waals surface area contributed by atoms with E-state index in [4.69, 9.17) is 5.73 Å². The van der Waals surface area contributed by atoms with E-state index in [1.165, 1.54) is 0 Å². The Kier molecular flexibility index (Phi) is 3.72. The molecule has 2 rings (SSSR count). The van der Waals surface area contributed by atoms with Gasteiger partial charge in [-0.1, -0.05) is 0 Å². The van der Waals surface area contributed by atoms with Crippen molar-refractivity contribution in [3.8, 4) is 0 Å². The largest absolute Gasteiger partial charge is 0.345 e. The van der Waals surface area contributed by atoms with Crippen molar-refractivity contribution in [2.75, 3.05) is 13.1 Å². The Morgan fingerprint density at radius 1 is 1.61 bits per heavy atom. The third-order valence-electron chi connectivity index (χ3n) is 2.79. The zero-order valence-electron chi connectivity index (χ0n) is 9.63. The quantitative estimate of drug-likeness (QED) is 0.870. The molecule has 0 spiro atoms. The van der Waals surface area contributed by atoms with Crippen LogP contribution < -0.4 is 11.1 Å². The Balaban J connectivity index is 2.04. The second kappa shape index (κ2) is 4.97. The summed E-state index contributed by atoms with van der Waals surface area (Å²) in [5, 5.41) is 2.22. The number of amides is 1. The fourth-order valence-corrected chi connectivity index (χ4v) is 2.09. The third-order valence-corrected chi connectivity index (χ3v) is 3.23. The van der Waals surface area contributed by atoms with Gasteiger partial charge < -0.3 is 15.6 Å². The highest BCUT2D eigenvalue weighted by Crippen LogP contribution is 2.37. The number of rotatable bonds is 5. The van der Waals surface area contributed by atoms with Crippen LogP contribution in [0.2, 0.25) is 0 Å². The van der Waals surface area contributed by atoms with E-state index in [1.54, 1.807) is 12.3 Å². The van der Waals surface area contributed by atoms with Crippen molar-refractivity contribution < 1.29 is 13.6 Å². The number of alkyl halides is 2. The minimum atomic E-state index is -3.07. The SMILES string of the molecule is NCC(F)(F)CNC(=O)c1cc(Br)cn1C1CC1. The summed E-state index contributed by atoms with van der Waals surface area (Å²) >= 11 is 3.28. The van der Waals surface area contributed by atoms with E-state index >= 15 is 0 Å². The van der Waals surface area contributed by atoms with E-state index in [-0.39, 0.29) is 0 Å². The molecule has 1 heterocycles. The standard InChI is InChI=1S/C11H14BrF2N3O/c12-7-3-9(17(4-7)8-1-2-8)10(18)16-6-11(13,14)5-15/h3-4,8H,1-2,5-6,15H2,(H,16,18). The summed E-state index contributed by atoms with van der Waals surface area (Å²) in [5.41, 5.74) is 5.31. The van der Waals surface area contributed by atoms with Gasteiger partial charge >= 0.3 is 0 Å². The van der Waals surface area contributed by atoms with E-state index < -0.39 is 24.9 Å². The molecular weight excluding hydrogens is 308 g/mol.